The molecule has 2 aromatic carbocycles. The van der Waals surface area contributed by atoms with E-state index in [1.807, 2.05) is 59.5 Å². The van der Waals surface area contributed by atoms with E-state index in [-0.39, 0.29) is 11.8 Å². The number of aliphatic hydroxyl groups excluding tert-OH is 1. The molecule has 0 fully saturated rings. The molecule has 1 unspecified atom stereocenters. The van der Waals surface area contributed by atoms with E-state index in [0.717, 1.165) is 36.0 Å². The molecule has 5 nitrogen and oxygen atoms in total. The summed E-state index contributed by atoms with van der Waals surface area (Å²) in [6.07, 6.45) is 2.00. The summed E-state index contributed by atoms with van der Waals surface area (Å²) in [4.78, 5) is 9.82. The molecule has 0 saturated heterocycles. The second kappa shape index (κ2) is 6.67. The predicted octanol–water partition coefficient (Wildman–Crippen LogP) is 4.67. The minimum Gasteiger partial charge on any atom is -0.509 e. The van der Waals surface area contributed by atoms with Crippen LogP contribution in [0, 0.1) is 5.41 Å². The van der Waals surface area contributed by atoms with Crippen molar-refractivity contribution in [3.8, 4) is 0 Å². The van der Waals surface area contributed by atoms with Crippen molar-refractivity contribution in [2.24, 2.45) is 0 Å². The molecule has 4 rings (SSSR count). The number of aromatic nitrogens is 2. The molecule has 1 aromatic heterocycles. The summed E-state index contributed by atoms with van der Waals surface area (Å²) in [6, 6.07) is 17.3. The summed E-state index contributed by atoms with van der Waals surface area (Å²) >= 11 is 0. The monoisotopic (exact) mass is 346 g/mol. The first-order valence-electron chi connectivity index (χ1n) is 8.99. The number of imidazole rings is 1. The Morgan fingerprint density at radius 2 is 1.85 bits per heavy atom. The molecule has 1 atom stereocenters. The molecule has 0 saturated carbocycles. The van der Waals surface area contributed by atoms with Gasteiger partial charge in [-0.05, 0) is 24.1 Å². The van der Waals surface area contributed by atoms with Crippen molar-refractivity contribution >= 4 is 22.4 Å². The third-order valence-electron chi connectivity index (χ3n) is 4.84. The van der Waals surface area contributed by atoms with Gasteiger partial charge in [0.1, 0.15) is 23.5 Å². The van der Waals surface area contributed by atoms with Crippen LogP contribution < -0.4 is 0 Å². The molecule has 2 heterocycles. The van der Waals surface area contributed by atoms with Crippen LogP contribution in [0.4, 0.5) is 0 Å². The highest BCUT2D eigenvalue weighted by molar-refractivity contribution is 6.23. The van der Waals surface area contributed by atoms with Gasteiger partial charge >= 0.3 is 0 Å². The van der Waals surface area contributed by atoms with Crippen LogP contribution in [0.25, 0.3) is 16.6 Å². The van der Waals surface area contributed by atoms with Gasteiger partial charge in [-0.15, -0.1) is 0 Å². The Morgan fingerprint density at radius 3 is 2.58 bits per heavy atom. The lowest BCUT2D eigenvalue weighted by atomic mass is 10.0. The van der Waals surface area contributed by atoms with Gasteiger partial charge in [0, 0.05) is 6.54 Å². The minimum absolute atomic E-state index is 0.191. The molecule has 132 valence electrons. The lowest BCUT2D eigenvalue weighted by Gasteiger charge is -2.27. The summed E-state index contributed by atoms with van der Waals surface area (Å²) in [5.41, 5.74) is 3.21. The van der Waals surface area contributed by atoms with E-state index >= 15 is 0 Å². The molecule has 1 aliphatic heterocycles. The smallest absolute Gasteiger partial charge is 0.145 e. The van der Waals surface area contributed by atoms with Gasteiger partial charge < -0.3 is 15.0 Å². The lowest BCUT2D eigenvalue weighted by Crippen LogP contribution is -2.30. The quantitative estimate of drug-likeness (QED) is 0.628. The number of nitrogens with zero attached hydrogens (tertiary/aromatic N) is 2. The Hall–Kier alpha value is -3.08. The van der Waals surface area contributed by atoms with Crippen LogP contribution in [-0.4, -0.2) is 32.4 Å². The number of unbranched alkanes of at least 4 members (excludes halogenated alkanes) is 1. The average molecular weight is 346 g/mol. The van der Waals surface area contributed by atoms with Gasteiger partial charge in [-0.2, -0.15) is 0 Å². The highest BCUT2D eigenvalue weighted by Gasteiger charge is 2.39. The zero-order valence-corrected chi connectivity index (χ0v) is 14.7. The SMILES string of the molecule is CCCCN1C(=N)C(c2nc3ccccc3[nH]2)=C(O)C1c1ccccc1. The van der Waals surface area contributed by atoms with Crippen LogP contribution in [0.2, 0.25) is 0 Å². The Bertz CT molecular complexity index is 941. The molecular weight excluding hydrogens is 324 g/mol. The largest absolute Gasteiger partial charge is 0.509 e. The van der Waals surface area contributed by atoms with E-state index in [4.69, 9.17) is 5.41 Å². The first-order chi connectivity index (χ1) is 12.7. The van der Waals surface area contributed by atoms with Gasteiger partial charge in [0.05, 0.1) is 16.6 Å². The molecular formula is C21H22N4O. The number of hydrogen-bond acceptors (Lipinski definition) is 3. The fraction of sp³-hybridized carbons (Fsp3) is 0.238. The Balaban J connectivity index is 1.81. The molecule has 0 spiro atoms. The van der Waals surface area contributed by atoms with Crippen LogP contribution in [-0.2, 0) is 0 Å². The number of aliphatic hydroxyl groups is 1. The molecule has 0 radical (unpaired) electrons. The Kier molecular flexibility index (Phi) is 4.21. The minimum atomic E-state index is -0.335. The Morgan fingerprint density at radius 1 is 1.12 bits per heavy atom. The van der Waals surface area contributed by atoms with Gasteiger partial charge in [0.15, 0.2) is 0 Å². The molecule has 0 bridgehead atoms. The van der Waals surface area contributed by atoms with Crippen LogP contribution >= 0.6 is 0 Å². The van der Waals surface area contributed by atoms with E-state index in [2.05, 4.69) is 16.9 Å². The summed E-state index contributed by atoms with van der Waals surface area (Å²) in [6.45, 7) is 2.85. The topological polar surface area (TPSA) is 76.0 Å². The predicted molar refractivity (Wildman–Crippen MR) is 104 cm³/mol. The molecule has 3 aromatic rings. The second-order valence-corrected chi connectivity index (χ2v) is 6.57. The van der Waals surface area contributed by atoms with Crippen molar-refractivity contribution in [2.45, 2.75) is 25.8 Å². The number of aromatic amines is 1. The highest BCUT2D eigenvalue weighted by Crippen LogP contribution is 2.40. The molecule has 0 amide bonds. The van der Waals surface area contributed by atoms with Crippen molar-refractivity contribution in [2.75, 3.05) is 6.54 Å². The highest BCUT2D eigenvalue weighted by atomic mass is 16.3. The second-order valence-electron chi connectivity index (χ2n) is 6.57. The third-order valence-corrected chi connectivity index (χ3v) is 4.84. The van der Waals surface area contributed by atoms with Crippen molar-refractivity contribution in [1.82, 2.24) is 14.9 Å². The molecule has 1 aliphatic rings. The van der Waals surface area contributed by atoms with E-state index < -0.39 is 0 Å². The maximum absolute atomic E-state index is 11.1. The standard InChI is InChI=1S/C21H22N4O/c1-2-3-13-25-18(14-9-5-4-6-10-14)19(26)17(20(25)22)21-23-15-11-7-8-12-16(15)24-21/h4-12,18,22,26H,2-3,13H2,1H3,(H,23,24). The zero-order chi connectivity index (χ0) is 18.1. The number of nitrogens with one attached hydrogen (secondary N) is 2. The van der Waals surface area contributed by atoms with Crippen LogP contribution in [0.15, 0.2) is 60.4 Å². The van der Waals surface area contributed by atoms with Crippen LogP contribution in [0.3, 0.4) is 0 Å². The van der Waals surface area contributed by atoms with Gasteiger partial charge in [-0.1, -0.05) is 55.8 Å². The number of H-pyrrole nitrogens is 1. The van der Waals surface area contributed by atoms with Crippen LogP contribution in [0.1, 0.15) is 37.2 Å². The zero-order valence-electron chi connectivity index (χ0n) is 14.7. The van der Waals surface area contributed by atoms with E-state index in [1.165, 1.54) is 0 Å². The van der Waals surface area contributed by atoms with Crippen molar-refractivity contribution in [1.29, 1.82) is 5.41 Å². The number of hydrogen-bond donors (Lipinski definition) is 3. The van der Waals surface area contributed by atoms with E-state index in [0.29, 0.717) is 17.2 Å². The summed E-state index contributed by atoms with van der Waals surface area (Å²) in [5.74, 6) is 1.06. The maximum Gasteiger partial charge on any atom is 0.145 e. The van der Waals surface area contributed by atoms with Gasteiger partial charge in [0.25, 0.3) is 0 Å². The molecule has 3 N–H and O–H groups in total. The number of fused-ring (bicyclic) bond motifs is 1. The number of rotatable bonds is 5. The first kappa shape index (κ1) is 16.4. The third kappa shape index (κ3) is 2.65. The van der Waals surface area contributed by atoms with Crippen LogP contribution in [0.5, 0.6) is 0 Å². The maximum atomic E-state index is 11.1. The fourth-order valence-electron chi connectivity index (χ4n) is 3.53. The van der Waals surface area contributed by atoms with E-state index in [1.54, 1.807) is 0 Å². The van der Waals surface area contributed by atoms with Crippen molar-refractivity contribution in [3.63, 3.8) is 0 Å². The first-order valence-corrected chi connectivity index (χ1v) is 8.99. The fourth-order valence-corrected chi connectivity index (χ4v) is 3.53. The number of para-hydroxylation sites is 2. The van der Waals surface area contributed by atoms with Gasteiger partial charge in [0.2, 0.25) is 0 Å². The lowest BCUT2D eigenvalue weighted by molar-refractivity contribution is 0.272. The van der Waals surface area contributed by atoms with Crippen molar-refractivity contribution in [3.05, 3.63) is 71.7 Å². The normalized spacial score (nSPS) is 17.5. The molecule has 5 heteroatoms. The number of benzene rings is 2. The molecule has 0 aliphatic carbocycles. The summed E-state index contributed by atoms with van der Waals surface area (Å²) in [7, 11) is 0. The summed E-state index contributed by atoms with van der Waals surface area (Å²) < 4.78 is 0. The van der Waals surface area contributed by atoms with Gasteiger partial charge in [-0.3, -0.25) is 5.41 Å². The number of amidine groups is 1. The summed E-state index contributed by atoms with van der Waals surface area (Å²) in [5, 5.41) is 19.8. The average Bonchev–Trinajstić information content (AvgIpc) is 3.18. The molecule has 26 heavy (non-hydrogen) atoms. The van der Waals surface area contributed by atoms with E-state index in [9.17, 15) is 5.11 Å². The Labute approximate surface area is 152 Å². The van der Waals surface area contributed by atoms with Gasteiger partial charge in [-0.25, -0.2) is 4.98 Å². The van der Waals surface area contributed by atoms with Crippen molar-refractivity contribution < 1.29 is 5.11 Å².